The van der Waals surface area contributed by atoms with Gasteiger partial charge in [0.25, 0.3) is 12.0 Å². The number of aryl methyl sites for hydroxylation is 1. The van der Waals surface area contributed by atoms with Gasteiger partial charge >= 0.3 is 0 Å². The molecule has 1 saturated heterocycles. The summed E-state index contributed by atoms with van der Waals surface area (Å²) < 4.78 is 26.7. The highest BCUT2D eigenvalue weighted by atomic mass is 32.2. The number of nitrogens with one attached hydrogen (secondary N) is 1. The van der Waals surface area contributed by atoms with Gasteiger partial charge in [0.2, 0.25) is 10.0 Å². The zero-order valence-corrected chi connectivity index (χ0v) is 16.6. The Hall–Kier alpha value is -2.35. The molecular weight excluding hydrogens is 392 g/mol. The molecule has 28 heavy (non-hydrogen) atoms. The molecule has 3 rings (SSSR count). The van der Waals surface area contributed by atoms with Crippen molar-refractivity contribution in [1.82, 2.24) is 29.0 Å². The van der Waals surface area contributed by atoms with Gasteiger partial charge < -0.3 is 15.2 Å². The number of nitrogens with zero attached hydrogens (tertiary/aromatic N) is 5. The van der Waals surface area contributed by atoms with Crippen LogP contribution in [-0.4, -0.2) is 93.1 Å². The summed E-state index contributed by atoms with van der Waals surface area (Å²) >= 11 is 0. The van der Waals surface area contributed by atoms with Crippen molar-refractivity contribution >= 4 is 27.5 Å². The van der Waals surface area contributed by atoms with Crippen LogP contribution in [0.15, 0.2) is 11.0 Å². The summed E-state index contributed by atoms with van der Waals surface area (Å²) in [6.45, 7) is 0.827. The molecule has 0 amide bonds. The minimum Gasteiger partial charge on any atom is -0.483 e. The highest BCUT2D eigenvalue weighted by Crippen LogP contribution is 2.21. The lowest BCUT2D eigenvalue weighted by atomic mass is 10.1. The fourth-order valence-electron chi connectivity index (χ4n) is 3.02. The second-order valence-corrected chi connectivity index (χ2v) is 8.93. The van der Waals surface area contributed by atoms with E-state index in [4.69, 9.17) is 9.90 Å². The van der Waals surface area contributed by atoms with Crippen molar-refractivity contribution in [2.75, 3.05) is 32.9 Å². The largest absolute Gasteiger partial charge is 0.483 e. The number of hydrogen-bond acceptors (Lipinski definition) is 8. The van der Waals surface area contributed by atoms with Crippen LogP contribution in [-0.2, 0) is 28.4 Å². The van der Waals surface area contributed by atoms with Gasteiger partial charge in [0.05, 0.1) is 24.6 Å². The van der Waals surface area contributed by atoms with Crippen molar-refractivity contribution in [3.05, 3.63) is 22.4 Å². The lowest BCUT2D eigenvalue weighted by molar-refractivity contribution is -0.122. The van der Waals surface area contributed by atoms with Crippen LogP contribution in [0.1, 0.15) is 5.82 Å². The van der Waals surface area contributed by atoms with E-state index in [-0.39, 0.29) is 23.7 Å². The van der Waals surface area contributed by atoms with Crippen molar-refractivity contribution in [2.24, 2.45) is 13.0 Å². The molecule has 0 saturated carbocycles. The van der Waals surface area contributed by atoms with Gasteiger partial charge in [-0.15, -0.1) is 0 Å². The first-order valence-electron chi connectivity index (χ1n) is 8.38. The Bertz CT molecular complexity index is 985. The highest BCUT2D eigenvalue weighted by Gasteiger charge is 2.35. The summed E-state index contributed by atoms with van der Waals surface area (Å²) in [7, 11) is 1.28. The van der Waals surface area contributed by atoms with Crippen LogP contribution in [0.25, 0.3) is 11.0 Å². The minimum atomic E-state index is -3.38. The molecule has 12 nitrogen and oxygen atoms in total. The molecule has 0 bridgehead atoms. The van der Waals surface area contributed by atoms with Crippen LogP contribution in [0.5, 0.6) is 0 Å². The SMILES string of the molecule is CN(C)S(=O)(=O)C[C@@H]1CN(Cc2nc3c(cnn3C)c(=O)[nH]2)C[C@H]1O.O=CO. The average Bonchev–Trinajstić information content (AvgIpc) is 3.11. The summed E-state index contributed by atoms with van der Waals surface area (Å²) in [5.74, 6) is -0.0217. The fraction of sp³-hybridized carbons (Fsp3) is 0.600. The Morgan fingerprint density at radius 2 is 2.04 bits per heavy atom. The van der Waals surface area contributed by atoms with Crippen molar-refractivity contribution in [3.8, 4) is 0 Å². The predicted molar refractivity (Wildman–Crippen MR) is 100 cm³/mol. The maximum atomic E-state index is 12.1. The molecule has 3 heterocycles. The number of hydrogen-bond donors (Lipinski definition) is 3. The third-order valence-corrected chi connectivity index (χ3v) is 6.45. The van der Waals surface area contributed by atoms with Crippen LogP contribution >= 0.6 is 0 Å². The van der Waals surface area contributed by atoms with E-state index in [1.54, 1.807) is 7.05 Å². The molecule has 0 radical (unpaired) electrons. The second kappa shape index (κ2) is 8.77. The van der Waals surface area contributed by atoms with E-state index in [9.17, 15) is 18.3 Å². The molecule has 1 fully saturated rings. The molecule has 0 spiro atoms. The van der Waals surface area contributed by atoms with Crippen LogP contribution in [0, 0.1) is 5.92 Å². The lowest BCUT2D eigenvalue weighted by Crippen LogP contribution is -2.33. The Balaban J connectivity index is 0.000000878. The summed E-state index contributed by atoms with van der Waals surface area (Å²) in [5, 5.41) is 21.5. The molecule has 0 aliphatic carbocycles. The maximum Gasteiger partial charge on any atom is 0.290 e. The van der Waals surface area contributed by atoms with E-state index < -0.39 is 16.1 Å². The zero-order chi connectivity index (χ0) is 21.1. The zero-order valence-electron chi connectivity index (χ0n) is 15.8. The fourth-order valence-corrected chi connectivity index (χ4v) is 4.19. The van der Waals surface area contributed by atoms with E-state index in [1.165, 1.54) is 25.0 Å². The van der Waals surface area contributed by atoms with Crippen molar-refractivity contribution in [1.29, 1.82) is 0 Å². The number of rotatable bonds is 5. The number of aromatic nitrogens is 4. The van der Waals surface area contributed by atoms with Crippen LogP contribution in [0.4, 0.5) is 0 Å². The Kier molecular flexibility index (Phi) is 6.87. The standard InChI is InChI=1S/C14H22N6O4S.CH2O2/c1-18(2)25(23,24)8-9-5-20(6-11(9)21)7-12-16-13-10(14(22)17-12)4-15-19(13)3;2-1-3/h4,9,11,21H,5-8H2,1-3H3,(H,16,17,22);1H,(H,2,3)/t9-,11+;/m0./s1. The number of β-amino-alcohol motifs (C(OH)–C–C–N with tert-alkyl or cyclic N) is 1. The monoisotopic (exact) mass is 416 g/mol. The van der Waals surface area contributed by atoms with Crippen molar-refractivity contribution in [2.45, 2.75) is 12.6 Å². The van der Waals surface area contributed by atoms with Gasteiger partial charge in [-0.3, -0.25) is 19.2 Å². The summed E-state index contributed by atoms with van der Waals surface area (Å²) in [6, 6.07) is 0. The van der Waals surface area contributed by atoms with Crippen molar-refractivity contribution < 1.29 is 23.4 Å². The van der Waals surface area contributed by atoms with Crippen LogP contribution in [0.3, 0.4) is 0 Å². The highest BCUT2D eigenvalue weighted by molar-refractivity contribution is 7.89. The second-order valence-electron chi connectivity index (χ2n) is 6.71. The van der Waals surface area contributed by atoms with Gasteiger partial charge in [-0.1, -0.05) is 0 Å². The normalized spacial score (nSPS) is 20.3. The molecule has 3 N–H and O–H groups in total. The van der Waals surface area contributed by atoms with Crippen LogP contribution in [0.2, 0.25) is 0 Å². The molecule has 13 heteroatoms. The molecular formula is C15H24N6O6S. The van der Waals surface area contributed by atoms with Gasteiger partial charge in [0.1, 0.15) is 11.2 Å². The molecule has 156 valence electrons. The van der Waals surface area contributed by atoms with Gasteiger partial charge in [-0.25, -0.2) is 17.7 Å². The van der Waals surface area contributed by atoms with Crippen molar-refractivity contribution in [3.63, 3.8) is 0 Å². The maximum absolute atomic E-state index is 12.1. The number of H-pyrrole nitrogens is 1. The van der Waals surface area contributed by atoms with E-state index in [1.807, 2.05) is 4.90 Å². The Labute approximate surface area is 161 Å². The number of likely N-dealkylation sites (tertiary alicyclic amines) is 1. The molecule has 2 aromatic heterocycles. The number of aromatic amines is 1. The predicted octanol–water partition coefficient (Wildman–Crippen LogP) is -1.96. The van der Waals surface area contributed by atoms with E-state index >= 15 is 0 Å². The number of fused-ring (bicyclic) bond motifs is 1. The summed E-state index contributed by atoms with van der Waals surface area (Å²) in [5.41, 5.74) is 0.227. The minimum absolute atomic E-state index is 0.109. The van der Waals surface area contributed by atoms with E-state index in [0.717, 1.165) is 4.31 Å². The Morgan fingerprint density at radius 1 is 1.39 bits per heavy atom. The average molecular weight is 416 g/mol. The first kappa shape index (κ1) is 21.9. The lowest BCUT2D eigenvalue weighted by Gasteiger charge is -2.17. The molecule has 2 aromatic rings. The number of aliphatic hydroxyl groups excluding tert-OH is 1. The smallest absolute Gasteiger partial charge is 0.290 e. The van der Waals surface area contributed by atoms with E-state index in [0.29, 0.717) is 36.5 Å². The molecule has 0 unspecified atom stereocenters. The van der Waals surface area contributed by atoms with Gasteiger partial charge in [0, 0.05) is 40.2 Å². The number of carbonyl (C=O) groups is 1. The third-order valence-electron chi connectivity index (χ3n) is 4.49. The van der Waals surface area contributed by atoms with Gasteiger partial charge in [-0.05, 0) is 0 Å². The first-order chi connectivity index (χ1) is 13.1. The summed E-state index contributed by atoms with van der Waals surface area (Å²) in [4.78, 5) is 29.5. The molecule has 2 atom stereocenters. The number of carboxylic acid groups (broad SMARTS) is 1. The first-order valence-corrected chi connectivity index (χ1v) is 9.99. The van der Waals surface area contributed by atoms with Crippen LogP contribution < -0.4 is 5.56 Å². The molecule has 0 aromatic carbocycles. The van der Waals surface area contributed by atoms with Gasteiger partial charge in [-0.2, -0.15) is 5.10 Å². The van der Waals surface area contributed by atoms with Gasteiger partial charge in [0.15, 0.2) is 5.65 Å². The molecule has 1 aliphatic heterocycles. The molecule has 1 aliphatic rings. The number of sulfonamides is 1. The quantitative estimate of drug-likeness (QED) is 0.470. The summed E-state index contributed by atoms with van der Waals surface area (Å²) in [6.07, 6.45) is 0.731. The van der Waals surface area contributed by atoms with E-state index in [2.05, 4.69) is 15.1 Å². The number of aliphatic hydroxyl groups is 1. The Morgan fingerprint density at radius 3 is 2.64 bits per heavy atom. The topological polar surface area (TPSA) is 162 Å². The third kappa shape index (κ3) is 4.92.